The molecule has 0 aliphatic carbocycles. The van der Waals surface area contributed by atoms with Crippen molar-refractivity contribution in [2.75, 3.05) is 18.0 Å². The predicted molar refractivity (Wildman–Crippen MR) is 81.6 cm³/mol. The summed E-state index contributed by atoms with van der Waals surface area (Å²) in [6.07, 6.45) is 1.94. The number of hydrogen-bond acceptors (Lipinski definition) is 4. The standard InChI is InChI=1S/C16H19FN4/c1-11-9-15(21-7-5-14(18)6-8-21)20-16(19-11)12-3-2-4-13(17)10-12/h2-4,9-10,14H,5-8,18H2,1H3. The first kappa shape index (κ1) is 13.9. The van der Waals surface area contributed by atoms with Crippen LogP contribution in [0.25, 0.3) is 11.4 Å². The number of aromatic nitrogens is 2. The van der Waals surface area contributed by atoms with E-state index in [-0.39, 0.29) is 11.9 Å². The van der Waals surface area contributed by atoms with Gasteiger partial charge in [-0.3, -0.25) is 0 Å². The Morgan fingerprint density at radius 3 is 2.67 bits per heavy atom. The maximum Gasteiger partial charge on any atom is 0.161 e. The van der Waals surface area contributed by atoms with Crippen LogP contribution in [0.3, 0.4) is 0 Å². The molecular formula is C16H19FN4. The third kappa shape index (κ3) is 3.19. The molecule has 4 nitrogen and oxygen atoms in total. The minimum Gasteiger partial charge on any atom is -0.356 e. The van der Waals surface area contributed by atoms with Crippen molar-refractivity contribution in [2.45, 2.75) is 25.8 Å². The summed E-state index contributed by atoms with van der Waals surface area (Å²) in [4.78, 5) is 11.2. The molecular weight excluding hydrogens is 267 g/mol. The highest BCUT2D eigenvalue weighted by molar-refractivity contribution is 5.58. The topological polar surface area (TPSA) is 55.0 Å². The lowest BCUT2D eigenvalue weighted by molar-refractivity contribution is 0.498. The van der Waals surface area contributed by atoms with Gasteiger partial charge in [-0.05, 0) is 31.9 Å². The van der Waals surface area contributed by atoms with Gasteiger partial charge in [-0.15, -0.1) is 0 Å². The lowest BCUT2D eigenvalue weighted by Crippen LogP contribution is -2.40. The molecule has 5 heteroatoms. The Balaban J connectivity index is 1.93. The zero-order chi connectivity index (χ0) is 14.8. The Labute approximate surface area is 123 Å². The fourth-order valence-corrected chi connectivity index (χ4v) is 2.60. The number of aryl methyl sites for hydroxylation is 1. The molecule has 0 amide bonds. The van der Waals surface area contributed by atoms with Crippen molar-refractivity contribution in [3.05, 3.63) is 41.8 Å². The Morgan fingerprint density at radius 2 is 1.95 bits per heavy atom. The average molecular weight is 286 g/mol. The van der Waals surface area contributed by atoms with E-state index in [1.54, 1.807) is 6.07 Å². The maximum absolute atomic E-state index is 13.4. The van der Waals surface area contributed by atoms with Gasteiger partial charge in [0.05, 0.1) is 0 Å². The van der Waals surface area contributed by atoms with E-state index in [0.717, 1.165) is 37.4 Å². The summed E-state index contributed by atoms with van der Waals surface area (Å²) in [5.74, 6) is 1.19. The van der Waals surface area contributed by atoms with Crippen LogP contribution >= 0.6 is 0 Å². The molecule has 0 saturated carbocycles. The molecule has 3 rings (SSSR count). The van der Waals surface area contributed by atoms with E-state index in [4.69, 9.17) is 5.73 Å². The largest absolute Gasteiger partial charge is 0.356 e. The van der Waals surface area contributed by atoms with Gasteiger partial charge in [-0.1, -0.05) is 12.1 Å². The molecule has 110 valence electrons. The van der Waals surface area contributed by atoms with Crippen molar-refractivity contribution in [1.29, 1.82) is 0 Å². The molecule has 1 aromatic carbocycles. The molecule has 21 heavy (non-hydrogen) atoms. The second-order valence-electron chi connectivity index (χ2n) is 5.53. The number of nitrogens with zero attached hydrogens (tertiary/aromatic N) is 3. The summed E-state index contributed by atoms with van der Waals surface area (Å²) in [5, 5.41) is 0. The second-order valence-corrected chi connectivity index (χ2v) is 5.53. The normalized spacial score (nSPS) is 16.2. The lowest BCUT2D eigenvalue weighted by Gasteiger charge is -2.31. The summed E-state index contributed by atoms with van der Waals surface area (Å²) in [7, 11) is 0. The highest BCUT2D eigenvalue weighted by atomic mass is 19.1. The van der Waals surface area contributed by atoms with E-state index in [2.05, 4.69) is 14.9 Å². The third-order valence-corrected chi connectivity index (χ3v) is 3.79. The Kier molecular flexibility index (Phi) is 3.84. The van der Waals surface area contributed by atoms with Crippen LogP contribution in [0.2, 0.25) is 0 Å². The zero-order valence-electron chi connectivity index (χ0n) is 12.1. The molecule has 1 aromatic heterocycles. The van der Waals surface area contributed by atoms with Crippen LogP contribution in [0.5, 0.6) is 0 Å². The molecule has 2 N–H and O–H groups in total. The molecule has 1 fully saturated rings. The minimum atomic E-state index is -0.275. The lowest BCUT2D eigenvalue weighted by atomic mass is 10.1. The summed E-state index contributed by atoms with van der Waals surface area (Å²) in [6, 6.07) is 8.65. The second kappa shape index (κ2) is 5.77. The van der Waals surface area contributed by atoms with E-state index in [1.807, 2.05) is 19.1 Å². The number of benzene rings is 1. The first-order valence-electron chi connectivity index (χ1n) is 7.24. The molecule has 0 bridgehead atoms. The van der Waals surface area contributed by atoms with Gasteiger partial charge < -0.3 is 10.6 Å². The molecule has 1 aliphatic heterocycles. The van der Waals surface area contributed by atoms with Gasteiger partial charge in [0.1, 0.15) is 11.6 Å². The smallest absolute Gasteiger partial charge is 0.161 e. The van der Waals surface area contributed by atoms with Gasteiger partial charge in [0.25, 0.3) is 0 Å². The summed E-state index contributed by atoms with van der Waals surface area (Å²) >= 11 is 0. The Bertz CT molecular complexity index is 636. The maximum atomic E-state index is 13.4. The molecule has 0 spiro atoms. The number of rotatable bonds is 2. The van der Waals surface area contributed by atoms with Crippen LogP contribution in [0, 0.1) is 12.7 Å². The van der Waals surface area contributed by atoms with Gasteiger partial charge in [0.2, 0.25) is 0 Å². The third-order valence-electron chi connectivity index (χ3n) is 3.79. The van der Waals surface area contributed by atoms with E-state index in [1.165, 1.54) is 12.1 Å². The Hall–Kier alpha value is -2.01. The van der Waals surface area contributed by atoms with Gasteiger partial charge in [-0.25, -0.2) is 14.4 Å². The van der Waals surface area contributed by atoms with Crippen molar-refractivity contribution in [3.63, 3.8) is 0 Å². The van der Waals surface area contributed by atoms with Gasteiger partial charge >= 0.3 is 0 Å². The Morgan fingerprint density at radius 1 is 1.19 bits per heavy atom. The van der Waals surface area contributed by atoms with Gasteiger partial charge in [0.15, 0.2) is 5.82 Å². The van der Waals surface area contributed by atoms with Gasteiger partial charge in [-0.2, -0.15) is 0 Å². The monoisotopic (exact) mass is 286 g/mol. The number of anilines is 1. The van der Waals surface area contributed by atoms with Crippen LogP contribution < -0.4 is 10.6 Å². The van der Waals surface area contributed by atoms with Crippen molar-refractivity contribution in [3.8, 4) is 11.4 Å². The zero-order valence-corrected chi connectivity index (χ0v) is 12.1. The van der Waals surface area contributed by atoms with E-state index in [0.29, 0.717) is 11.4 Å². The number of halogens is 1. The molecule has 1 saturated heterocycles. The molecule has 2 aromatic rings. The van der Waals surface area contributed by atoms with Crippen molar-refractivity contribution < 1.29 is 4.39 Å². The van der Waals surface area contributed by atoms with Crippen LogP contribution in [0.4, 0.5) is 10.2 Å². The highest BCUT2D eigenvalue weighted by Crippen LogP contribution is 2.23. The van der Waals surface area contributed by atoms with Crippen molar-refractivity contribution in [2.24, 2.45) is 5.73 Å². The minimum absolute atomic E-state index is 0.275. The van der Waals surface area contributed by atoms with Crippen LogP contribution in [-0.4, -0.2) is 29.1 Å². The van der Waals surface area contributed by atoms with Crippen LogP contribution in [0.1, 0.15) is 18.5 Å². The average Bonchev–Trinajstić information content (AvgIpc) is 2.47. The van der Waals surface area contributed by atoms with Crippen molar-refractivity contribution in [1.82, 2.24) is 9.97 Å². The number of nitrogens with two attached hydrogens (primary N) is 1. The SMILES string of the molecule is Cc1cc(N2CCC(N)CC2)nc(-c2cccc(F)c2)n1. The number of piperidine rings is 1. The summed E-state index contributed by atoms with van der Waals surface area (Å²) in [5.41, 5.74) is 7.53. The van der Waals surface area contributed by atoms with Crippen molar-refractivity contribution >= 4 is 5.82 Å². The first-order valence-corrected chi connectivity index (χ1v) is 7.24. The fourth-order valence-electron chi connectivity index (χ4n) is 2.60. The fraction of sp³-hybridized carbons (Fsp3) is 0.375. The molecule has 0 radical (unpaired) electrons. The molecule has 1 aliphatic rings. The van der Waals surface area contributed by atoms with E-state index < -0.39 is 0 Å². The molecule has 0 unspecified atom stereocenters. The van der Waals surface area contributed by atoms with Gasteiger partial charge in [0, 0.05) is 36.5 Å². The molecule has 0 atom stereocenters. The number of hydrogen-bond donors (Lipinski definition) is 1. The van der Waals surface area contributed by atoms with E-state index in [9.17, 15) is 4.39 Å². The summed E-state index contributed by atoms with van der Waals surface area (Å²) in [6.45, 7) is 3.74. The van der Waals surface area contributed by atoms with E-state index >= 15 is 0 Å². The predicted octanol–water partition coefficient (Wildman–Crippen LogP) is 2.52. The van der Waals surface area contributed by atoms with Crippen LogP contribution in [-0.2, 0) is 0 Å². The van der Waals surface area contributed by atoms with Crippen LogP contribution in [0.15, 0.2) is 30.3 Å². The quantitative estimate of drug-likeness (QED) is 0.921. The summed E-state index contributed by atoms with van der Waals surface area (Å²) < 4.78 is 13.4. The first-order chi connectivity index (χ1) is 10.1. The molecule has 2 heterocycles. The highest BCUT2D eigenvalue weighted by Gasteiger charge is 2.18.